The normalized spacial score (nSPS) is 9.33. The Labute approximate surface area is 89.5 Å². The molecule has 0 spiro atoms. The van der Waals surface area contributed by atoms with Gasteiger partial charge in [-0.3, -0.25) is 0 Å². The molecule has 0 N–H and O–H groups in total. The van der Waals surface area contributed by atoms with Gasteiger partial charge in [0.25, 0.3) is 0 Å². The second kappa shape index (κ2) is 5.67. The predicted octanol–water partition coefficient (Wildman–Crippen LogP) is 2.29. The summed E-state index contributed by atoms with van der Waals surface area (Å²) in [5.74, 6) is 0.200. The van der Waals surface area contributed by atoms with Crippen molar-refractivity contribution in [1.82, 2.24) is 0 Å². The average molecular weight is 200 g/mol. The molecule has 0 fully saturated rings. The Morgan fingerprint density at radius 3 is 2.67 bits per heavy atom. The summed E-state index contributed by atoms with van der Waals surface area (Å²) in [6, 6.07) is 11.4. The van der Waals surface area contributed by atoms with E-state index < -0.39 is 5.92 Å². The van der Waals surface area contributed by atoms with E-state index in [1.807, 2.05) is 43.3 Å². The zero-order valence-corrected chi connectivity index (χ0v) is 8.60. The number of benzene rings is 1. The topological polar surface area (TPSA) is 56.8 Å². The van der Waals surface area contributed by atoms with E-state index in [0.717, 1.165) is 11.3 Å². The van der Waals surface area contributed by atoms with Crippen molar-refractivity contribution in [3.8, 4) is 17.9 Å². The van der Waals surface area contributed by atoms with Crippen LogP contribution in [0, 0.1) is 28.6 Å². The largest absolute Gasteiger partial charge is 0.494 e. The minimum absolute atomic E-state index is 0.452. The SMILES string of the molecule is CCOc1cccc(CC(C#N)C#N)c1. The van der Waals surface area contributed by atoms with Crippen LogP contribution in [0.25, 0.3) is 0 Å². The third kappa shape index (κ3) is 3.32. The molecule has 1 aromatic carbocycles. The molecule has 0 atom stereocenters. The molecule has 76 valence electrons. The van der Waals surface area contributed by atoms with Gasteiger partial charge in [-0.25, -0.2) is 0 Å². The minimum Gasteiger partial charge on any atom is -0.494 e. The van der Waals surface area contributed by atoms with Crippen molar-refractivity contribution in [2.75, 3.05) is 6.61 Å². The van der Waals surface area contributed by atoms with Crippen LogP contribution in [-0.2, 0) is 6.42 Å². The number of hydrogen-bond donors (Lipinski definition) is 0. The third-order valence-corrected chi connectivity index (χ3v) is 1.96. The standard InChI is InChI=1S/C12H12N2O/c1-2-15-12-5-3-4-10(7-12)6-11(8-13)9-14/h3-5,7,11H,2,6H2,1H3. The van der Waals surface area contributed by atoms with Crippen LogP contribution >= 0.6 is 0 Å². The highest BCUT2D eigenvalue weighted by molar-refractivity contribution is 5.29. The first kappa shape index (κ1) is 11.1. The van der Waals surface area contributed by atoms with Crippen molar-refractivity contribution in [2.45, 2.75) is 13.3 Å². The monoisotopic (exact) mass is 200 g/mol. The number of rotatable bonds is 4. The van der Waals surface area contributed by atoms with Gasteiger partial charge in [-0.1, -0.05) is 12.1 Å². The second-order valence-electron chi connectivity index (χ2n) is 3.10. The Balaban J connectivity index is 2.74. The highest BCUT2D eigenvalue weighted by Crippen LogP contribution is 2.15. The molecule has 3 heteroatoms. The highest BCUT2D eigenvalue weighted by Gasteiger charge is 2.07. The summed E-state index contributed by atoms with van der Waals surface area (Å²) in [5, 5.41) is 17.3. The van der Waals surface area contributed by atoms with E-state index in [2.05, 4.69) is 0 Å². The van der Waals surface area contributed by atoms with Crippen LogP contribution in [0.1, 0.15) is 12.5 Å². The Hall–Kier alpha value is -2.00. The van der Waals surface area contributed by atoms with Gasteiger partial charge < -0.3 is 4.74 Å². The van der Waals surface area contributed by atoms with Crippen LogP contribution in [0.3, 0.4) is 0 Å². The summed E-state index contributed by atoms with van der Waals surface area (Å²) in [7, 11) is 0. The highest BCUT2D eigenvalue weighted by atomic mass is 16.5. The molecule has 0 bridgehead atoms. The first-order valence-electron chi connectivity index (χ1n) is 4.81. The maximum absolute atomic E-state index is 8.66. The summed E-state index contributed by atoms with van der Waals surface area (Å²) in [6.07, 6.45) is 0.452. The van der Waals surface area contributed by atoms with E-state index in [1.54, 1.807) is 0 Å². The molecule has 0 amide bonds. The average Bonchev–Trinajstić information content (AvgIpc) is 2.27. The molecule has 0 radical (unpaired) electrons. The van der Waals surface area contributed by atoms with Gasteiger partial charge in [0.1, 0.15) is 11.7 Å². The molecule has 0 heterocycles. The molecule has 0 unspecified atom stereocenters. The van der Waals surface area contributed by atoms with Gasteiger partial charge >= 0.3 is 0 Å². The van der Waals surface area contributed by atoms with E-state index in [9.17, 15) is 0 Å². The first-order valence-corrected chi connectivity index (χ1v) is 4.81. The zero-order chi connectivity index (χ0) is 11.1. The third-order valence-electron chi connectivity index (χ3n) is 1.96. The molecule has 0 saturated carbocycles. The van der Waals surface area contributed by atoms with Crippen LogP contribution in [0.5, 0.6) is 5.75 Å². The van der Waals surface area contributed by atoms with E-state index in [-0.39, 0.29) is 0 Å². The molecule has 0 aliphatic carbocycles. The number of hydrogen-bond acceptors (Lipinski definition) is 3. The van der Waals surface area contributed by atoms with Crippen LogP contribution in [0.2, 0.25) is 0 Å². The van der Waals surface area contributed by atoms with Gasteiger partial charge in [-0.05, 0) is 24.6 Å². The molecule has 3 nitrogen and oxygen atoms in total. The number of nitriles is 2. The van der Waals surface area contributed by atoms with Crippen LogP contribution in [0.15, 0.2) is 24.3 Å². The number of ether oxygens (including phenoxy) is 1. The second-order valence-corrected chi connectivity index (χ2v) is 3.10. The minimum atomic E-state index is -0.582. The zero-order valence-electron chi connectivity index (χ0n) is 8.60. The summed E-state index contributed by atoms with van der Waals surface area (Å²) in [4.78, 5) is 0. The van der Waals surface area contributed by atoms with Gasteiger partial charge in [0.05, 0.1) is 18.7 Å². The Morgan fingerprint density at radius 2 is 2.07 bits per heavy atom. The van der Waals surface area contributed by atoms with Gasteiger partial charge in [0.2, 0.25) is 0 Å². The maximum atomic E-state index is 8.66. The predicted molar refractivity (Wildman–Crippen MR) is 56.0 cm³/mol. The molecule has 1 rings (SSSR count). The Kier molecular flexibility index (Phi) is 4.19. The Bertz CT molecular complexity index is 387. The summed E-state index contributed by atoms with van der Waals surface area (Å²) >= 11 is 0. The van der Waals surface area contributed by atoms with Crippen molar-refractivity contribution in [3.63, 3.8) is 0 Å². The molecule has 0 aromatic heterocycles. The van der Waals surface area contributed by atoms with E-state index >= 15 is 0 Å². The van der Waals surface area contributed by atoms with Crippen molar-refractivity contribution in [2.24, 2.45) is 5.92 Å². The Morgan fingerprint density at radius 1 is 1.33 bits per heavy atom. The smallest absolute Gasteiger partial charge is 0.137 e. The fourth-order valence-corrected chi connectivity index (χ4v) is 1.28. The van der Waals surface area contributed by atoms with Crippen molar-refractivity contribution < 1.29 is 4.74 Å². The number of nitrogens with zero attached hydrogens (tertiary/aromatic N) is 2. The summed E-state index contributed by atoms with van der Waals surface area (Å²) in [5.41, 5.74) is 0.953. The van der Waals surface area contributed by atoms with E-state index in [1.165, 1.54) is 0 Å². The molecule has 1 aromatic rings. The van der Waals surface area contributed by atoms with Gasteiger partial charge in [-0.2, -0.15) is 10.5 Å². The fraction of sp³-hybridized carbons (Fsp3) is 0.333. The van der Waals surface area contributed by atoms with Crippen molar-refractivity contribution in [1.29, 1.82) is 10.5 Å². The summed E-state index contributed by atoms with van der Waals surface area (Å²) in [6.45, 7) is 2.53. The molecular weight excluding hydrogens is 188 g/mol. The lowest BCUT2D eigenvalue weighted by molar-refractivity contribution is 0.340. The van der Waals surface area contributed by atoms with Crippen molar-refractivity contribution in [3.05, 3.63) is 29.8 Å². The van der Waals surface area contributed by atoms with Crippen molar-refractivity contribution >= 4 is 0 Å². The molecule has 0 saturated heterocycles. The van der Waals surface area contributed by atoms with Crippen LogP contribution in [0.4, 0.5) is 0 Å². The summed E-state index contributed by atoms with van der Waals surface area (Å²) < 4.78 is 5.33. The van der Waals surface area contributed by atoms with Gasteiger partial charge in [0.15, 0.2) is 0 Å². The van der Waals surface area contributed by atoms with Gasteiger partial charge in [-0.15, -0.1) is 0 Å². The lowest BCUT2D eigenvalue weighted by Crippen LogP contribution is -1.99. The quantitative estimate of drug-likeness (QED) is 0.749. The van der Waals surface area contributed by atoms with E-state index in [0.29, 0.717) is 13.0 Å². The molecular formula is C12H12N2O. The van der Waals surface area contributed by atoms with Crippen LogP contribution in [-0.4, -0.2) is 6.61 Å². The van der Waals surface area contributed by atoms with E-state index in [4.69, 9.17) is 15.3 Å². The lowest BCUT2D eigenvalue weighted by Gasteiger charge is -2.05. The van der Waals surface area contributed by atoms with Crippen LogP contribution < -0.4 is 4.74 Å². The maximum Gasteiger partial charge on any atom is 0.137 e. The van der Waals surface area contributed by atoms with Gasteiger partial charge in [0, 0.05) is 6.42 Å². The lowest BCUT2D eigenvalue weighted by atomic mass is 10.0. The molecule has 0 aliphatic heterocycles. The first-order chi connectivity index (χ1) is 7.30. The fourth-order valence-electron chi connectivity index (χ4n) is 1.28. The molecule has 15 heavy (non-hydrogen) atoms. The molecule has 0 aliphatic rings.